The van der Waals surface area contributed by atoms with Crippen LogP contribution in [0.15, 0.2) is 35.3 Å². The van der Waals surface area contributed by atoms with E-state index in [0.717, 1.165) is 35.5 Å². The number of Topliss-reactive ketones (excluding diaryl/α,β-unsaturated/α-hetero) is 1. The summed E-state index contributed by atoms with van der Waals surface area (Å²) in [6.45, 7) is 6.53. The number of aryl methyl sites for hydroxylation is 2. The molecule has 0 amide bonds. The minimum atomic E-state index is -0.726. The summed E-state index contributed by atoms with van der Waals surface area (Å²) in [5.74, 6) is -1.55. The predicted molar refractivity (Wildman–Crippen MR) is 102 cm³/mol. The molecule has 26 heavy (non-hydrogen) atoms. The number of anilines is 1. The molecule has 4 nitrogen and oxygen atoms in total. The molecular formula is C20H23F2N3O. The van der Waals surface area contributed by atoms with Crippen molar-refractivity contribution in [2.24, 2.45) is 4.99 Å². The maximum absolute atomic E-state index is 13.6. The maximum atomic E-state index is 13.6. The van der Waals surface area contributed by atoms with Gasteiger partial charge in [-0.25, -0.2) is 13.8 Å². The van der Waals surface area contributed by atoms with Crippen LogP contribution in [0.3, 0.4) is 0 Å². The number of nitrogens with one attached hydrogen (secondary N) is 1. The number of nitrogens with zero attached hydrogens (tertiary/aromatic N) is 2. The highest BCUT2D eigenvalue weighted by Gasteiger charge is 2.13. The van der Waals surface area contributed by atoms with Crippen molar-refractivity contribution in [3.8, 4) is 0 Å². The fourth-order valence-corrected chi connectivity index (χ4v) is 2.39. The van der Waals surface area contributed by atoms with Crippen molar-refractivity contribution in [3.05, 3.63) is 58.7 Å². The number of halogens is 2. The molecule has 2 aromatic carbocycles. The van der Waals surface area contributed by atoms with Gasteiger partial charge < -0.3 is 10.2 Å². The van der Waals surface area contributed by atoms with E-state index in [1.54, 1.807) is 12.4 Å². The van der Waals surface area contributed by atoms with Crippen molar-refractivity contribution in [3.63, 3.8) is 0 Å². The molecule has 0 heterocycles. The molecule has 0 aliphatic carbocycles. The second-order valence-corrected chi connectivity index (χ2v) is 6.17. The van der Waals surface area contributed by atoms with E-state index >= 15 is 0 Å². The molecule has 1 N–H and O–H groups in total. The predicted octanol–water partition coefficient (Wildman–Crippen LogP) is 4.49. The fraction of sp³-hybridized carbons (Fsp3) is 0.300. The molecule has 2 rings (SSSR count). The van der Waals surface area contributed by atoms with Gasteiger partial charge >= 0.3 is 0 Å². The Hall–Kier alpha value is -2.76. The average Bonchev–Trinajstić information content (AvgIpc) is 2.60. The van der Waals surface area contributed by atoms with Crippen LogP contribution in [-0.2, 0) is 0 Å². The number of hydrogen-bond donors (Lipinski definition) is 1. The van der Waals surface area contributed by atoms with Gasteiger partial charge in [0.15, 0.2) is 5.78 Å². The second-order valence-electron chi connectivity index (χ2n) is 6.17. The minimum Gasteiger partial charge on any atom is -0.375 e. The van der Waals surface area contributed by atoms with Gasteiger partial charge in [-0.05, 0) is 56.2 Å². The number of rotatable bonds is 7. The Morgan fingerprint density at radius 3 is 2.58 bits per heavy atom. The topological polar surface area (TPSA) is 44.7 Å². The second kappa shape index (κ2) is 8.56. The normalized spacial score (nSPS) is 11.0. The molecule has 0 atom stereocenters. The first-order valence-electron chi connectivity index (χ1n) is 8.39. The summed E-state index contributed by atoms with van der Waals surface area (Å²) in [5.41, 5.74) is 3.14. The van der Waals surface area contributed by atoms with Crippen LogP contribution >= 0.6 is 0 Å². The smallest absolute Gasteiger partial charge is 0.182 e. The first kappa shape index (κ1) is 19.6. The molecule has 0 radical (unpaired) electrons. The van der Waals surface area contributed by atoms with Crippen molar-refractivity contribution in [1.29, 1.82) is 0 Å². The first-order chi connectivity index (χ1) is 12.3. The molecule has 0 aromatic heterocycles. The molecule has 6 heteroatoms. The third-order valence-corrected chi connectivity index (χ3v) is 4.11. The van der Waals surface area contributed by atoms with Gasteiger partial charge in [0.2, 0.25) is 0 Å². The van der Waals surface area contributed by atoms with Gasteiger partial charge in [-0.1, -0.05) is 0 Å². The van der Waals surface area contributed by atoms with Gasteiger partial charge in [-0.3, -0.25) is 4.79 Å². The van der Waals surface area contributed by atoms with Crippen LogP contribution in [-0.4, -0.2) is 37.2 Å². The lowest BCUT2D eigenvalue weighted by Gasteiger charge is -2.12. The lowest BCUT2D eigenvalue weighted by atomic mass is 10.0. The Balaban J connectivity index is 2.13. The number of aliphatic imine (C=N–C) groups is 1. The van der Waals surface area contributed by atoms with Crippen LogP contribution in [0, 0.1) is 25.5 Å². The molecule has 0 aliphatic heterocycles. The van der Waals surface area contributed by atoms with E-state index in [1.807, 2.05) is 38.8 Å². The summed E-state index contributed by atoms with van der Waals surface area (Å²) in [6, 6.07) is 6.85. The summed E-state index contributed by atoms with van der Waals surface area (Å²) in [7, 11) is 1.93. The van der Waals surface area contributed by atoms with E-state index in [1.165, 1.54) is 6.07 Å². The van der Waals surface area contributed by atoms with Crippen molar-refractivity contribution in [2.75, 3.05) is 25.5 Å². The Bertz CT molecular complexity index is 834. The molecule has 0 saturated carbocycles. The molecule has 0 saturated heterocycles. The van der Waals surface area contributed by atoms with Gasteiger partial charge in [-0.15, -0.1) is 0 Å². The van der Waals surface area contributed by atoms with Gasteiger partial charge in [-0.2, -0.15) is 0 Å². The van der Waals surface area contributed by atoms with Crippen molar-refractivity contribution in [1.82, 2.24) is 4.90 Å². The zero-order chi connectivity index (χ0) is 19.3. The summed E-state index contributed by atoms with van der Waals surface area (Å²) in [4.78, 5) is 18.9. The SMILES string of the molecule is CCN(C)/C=N\c1cc(C)c(C(=O)CNc2ccc(F)cc2F)cc1C. The van der Waals surface area contributed by atoms with Crippen LogP contribution < -0.4 is 5.32 Å². The van der Waals surface area contributed by atoms with E-state index < -0.39 is 11.6 Å². The monoisotopic (exact) mass is 359 g/mol. The molecule has 2 aromatic rings. The minimum absolute atomic E-state index is 0.0793. The number of carbonyl (C=O) groups is 1. The fourth-order valence-electron chi connectivity index (χ4n) is 2.39. The quantitative estimate of drug-likeness (QED) is 0.450. The number of hydrogen-bond acceptors (Lipinski definition) is 3. The Kier molecular flexibility index (Phi) is 6.44. The highest BCUT2D eigenvalue weighted by atomic mass is 19.1. The van der Waals surface area contributed by atoms with Crippen LogP contribution in [0.2, 0.25) is 0 Å². The largest absolute Gasteiger partial charge is 0.375 e. The molecule has 138 valence electrons. The van der Waals surface area contributed by atoms with E-state index in [0.29, 0.717) is 5.56 Å². The molecule has 0 aliphatic rings. The van der Waals surface area contributed by atoms with Gasteiger partial charge in [0.05, 0.1) is 24.3 Å². The van der Waals surface area contributed by atoms with Gasteiger partial charge in [0.1, 0.15) is 11.6 Å². The van der Waals surface area contributed by atoms with Gasteiger partial charge in [0.25, 0.3) is 0 Å². The van der Waals surface area contributed by atoms with E-state index in [9.17, 15) is 13.6 Å². The zero-order valence-electron chi connectivity index (χ0n) is 15.4. The zero-order valence-corrected chi connectivity index (χ0v) is 15.4. The Labute approximate surface area is 152 Å². The highest BCUT2D eigenvalue weighted by molar-refractivity contribution is 6.00. The van der Waals surface area contributed by atoms with Crippen LogP contribution in [0.25, 0.3) is 0 Å². The molecule has 0 spiro atoms. The van der Waals surface area contributed by atoms with Crippen LogP contribution in [0.4, 0.5) is 20.2 Å². The molecule has 0 fully saturated rings. The number of ketones is 1. The van der Waals surface area contributed by atoms with Crippen molar-refractivity contribution in [2.45, 2.75) is 20.8 Å². The Morgan fingerprint density at radius 1 is 1.19 bits per heavy atom. The van der Waals surface area contributed by atoms with Gasteiger partial charge in [0, 0.05) is 25.2 Å². The third kappa shape index (κ3) is 4.88. The summed E-state index contributed by atoms with van der Waals surface area (Å²) in [6.07, 6.45) is 1.75. The average molecular weight is 359 g/mol. The summed E-state index contributed by atoms with van der Waals surface area (Å²) in [5, 5.41) is 2.72. The molecule has 0 unspecified atom stereocenters. The van der Waals surface area contributed by atoms with E-state index in [4.69, 9.17) is 0 Å². The maximum Gasteiger partial charge on any atom is 0.182 e. The first-order valence-corrected chi connectivity index (χ1v) is 8.39. The number of benzene rings is 2. The van der Waals surface area contributed by atoms with Crippen molar-refractivity contribution < 1.29 is 13.6 Å². The number of carbonyl (C=O) groups excluding carboxylic acids is 1. The molecular weight excluding hydrogens is 336 g/mol. The highest BCUT2D eigenvalue weighted by Crippen LogP contribution is 2.24. The summed E-state index contributed by atoms with van der Waals surface area (Å²) >= 11 is 0. The van der Waals surface area contributed by atoms with Crippen LogP contribution in [0.1, 0.15) is 28.4 Å². The van der Waals surface area contributed by atoms with E-state index in [2.05, 4.69) is 10.3 Å². The standard InChI is InChI=1S/C20H23F2N3O/c1-5-25(4)12-24-19-9-13(2)16(8-14(19)3)20(26)11-23-18-7-6-15(21)10-17(18)22/h6-10,12,23H,5,11H2,1-4H3/b24-12-. The van der Waals surface area contributed by atoms with Crippen LogP contribution in [0.5, 0.6) is 0 Å². The lowest BCUT2D eigenvalue weighted by Crippen LogP contribution is -2.16. The Morgan fingerprint density at radius 2 is 1.92 bits per heavy atom. The summed E-state index contributed by atoms with van der Waals surface area (Å²) < 4.78 is 26.6. The lowest BCUT2D eigenvalue weighted by molar-refractivity contribution is 0.101. The molecule has 0 bridgehead atoms. The van der Waals surface area contributed by atoms with Crippen molar-refractivity contribution >= 4 is 23.5 Å². The third-order valence-electron chi connectivity index (χ3n) is 4.11. The van der Waals surface area contributed by atoms with E-state index in [-0.39, 0.29) is 18.0 Å².